The highest BCUT2D eigenvalue weighted by Crippen LogP contribution is 2.09. The zero-order chi connectivity index (χ0) is 11.0. The summed E-state index contributed by atoms with van der Waals surface area (Å²) in [4.78, 5) is 11.7. The van der Waals surface area contributed by atoms with Gasteiger partial charge in [-0.2, -0.15) is 5.10 Å². The van der Waals surface area contributed by atoms with Gasteiger partial charge in [0.2, 0.25) is 0 Å². The van der Waals surface area contributed by atoms with E-state index in [1.807, 2.05) is 0 Å². The van der Waals surface area contributed by atoms with Crippen molar-refractivity contribution in [3.63, 3.8) is 0 Å². The predicted octanol–water partition coefficient (Wildman–Crippen LogP) is 0.883. The number of nitrogens with zero attached hydrogens (tertiary/aromatic N) is 3. The average molecular weight is 241 g/mol. The van der Waals surface area contributed by atoms with Gasteiger partial charge in [0.1, 0.15) is 5.82 Å². The average Bonchev–Trinajstić information content (AvgIpc) is 2.44. The molecule has 0 atom stereocenters. The van der Waals surface area contributed by atoms with Gasteiger partial charge in [-0.15, -0.1) is 12.4 Å². The summed E-state index contributed by atoms with van der Waals surface area (Å²) in [6.45, 7) is 1.79. The van der Waals surface area contributed by atoms with Crippen molar-refractivity contribution in [2.24, 2.45) is 7.05 Å². The normalized spacial score (nSPS) is 9.88. The number of nitrogens with two attached hydrogens (primary N) is 1. The summed E-state index contributed by atoms with van der Waals surface area (Å²) in [7, 11) is 1.63. The Kier molecular flexibility index (Phi) is 3.39. The van der Waals surface area contributed by atoms with Crippen LogP contribution >= 0.6 is 12.4 Å². The molecule has 0 unspecified atom stereocenters. The monoisotopic (exact) mass is 240 g/mol. The van der Waals surface area contributed by atoms with E-state index in [-0.39, 0.29) is 18.1 Å². The van der Waals surface area contributed by atoms with Gasteiger partial charge in [-0.1, -0.05) is 0 Å². The minimum Gasteiger partial charge on any atom is -0.399 e. The molecule has 1 aromatic carbocycles. The van der Waals surface area contributed by atoms with Crippen molar-refractivity contribution in [1.82, 2.24) is 14.3 Å². The van der Waals surface area contributed by atoms with Crippen LogP contribution in [0, 0.1) is 6.92 Å². The molecular weight excluding hydrogens is 228 g/mol. The molecule has 0 fully saturated rings. The highest BCUT2D eigenvalue weighted by atomic mass is 35.5. The first kappa shape index (κ1) is 12.3. The van der Waals surface area contributed by atoms with Gasteiger partial charge in [-0.25, -0.2) is 14.0 Å². The molecule has 2 aromatic rings. The number of rotatable bonds is 1. The third kappa shape index (κ3) is 1.94. The number of aryl methyl sites for hydroxylation is 2. The first-order valence-electron chi connectivity index (χ1n) is 4.58. The van der Waals surface area contributed by atoms with E-state index in [4.69, 9.17) is 5.73 Å². The number of halogens is 1. The van der Waals surface area contributed by atoms with Crippen molar-refractivity contribution in [2.75, 3.05) is 5.73 Å². The summed E-state index contributed by atoms with van der Waals surface area (Å²) in [5, 5.41) is 4.05. The number of hydrogen-bond acceptors (Lipinski definition) is 3. The molecule has 16 heavy (non-hydrogen) atoms. The Hall–Kier alpha value is -1.75. The van der Waals surface area contributed by atoms with Crippen molar-refractivity contribution in [1.29, 1.82) is 0 Å². The van der Waals surface area contributed by atoms with Gasteiger partial charge in [0.25, 0.3) is 0 Å². The molecule has 5 nitrogen and oxygen atoms in total. The Morgan fingerprint density at radius 3 is 2.25 bits per heavy atom. The molecule has 0 amide bonds. The Bertz CT molecular complexity index is 541. The molecule has 2 rings (SSSR count). The molecule has 0 saturated heterocycles. The topological polar surface area (TPSA) is 65.8 Å². The fourth-order valence-electron chi connectivity index (χ4n) is 1.51. The van der Waals surface area contributed by atoms with E-state index in [1.54, 1.807) is 42.8 Å². The second kappa shape index (κ2) is 4.40. The van der Waals surface area contributed by atoms with Gasteiger partial charge >= 0.3 is 5.69 Å². The zero-order valence-electron chi connectivity index (χ0n) is 9.04. The first-order chi connectivity index (χ1) is 7.09. The number of nitrogen functional groups attached to an aromatic ring is 1. The molecule has 0 aliphatic rings. The maximum Gasteiger partial charge on any atom is 0.350 e. The second-order valence-electron chi connectivity index (χ2n) is 3.38. The number of anilines is 1. The zero-order valence-corrected chi connectivity index (χ0v) is 9.86. The van der Waals surface area contributed by atoms with Crippen LogP contribution in [0.2, 0.25) is 0 Å². The summed E-state index contributed by atoms with van der Waals surface area (Å²) in [5.41, 5.74) is 6.87. The van der Waals surface area contributed by atoms with Crippen LogP contribution in [0.4, 0.5) is 5.69 Å². The molecule has 0 aliphatic heterocycles. The summed E-state index contributed by atoms with van der Waals surface area (Å²) in [6.07, 6.45) is 0. The number of hydrogen-bond donors (Lipinski definition) is 1. The lowest BCUT2D eigenvalue weighted by Crippen LogP contribution is -2.21. The van der Waals surface area contributed by atoms with Gasteiger partial charge in [-0.3, -0.25) is 0 Å². The molecule has 6 heteroatoms. The molecule has 0 spiro atoms. The Labute approximate surface area is 98.9 Å². The predicted molar refractivity (Wildman–Crippen MR) is 65.2 cm³/mol. The van der Waals surface area contributed by atoms with E-state index in [1.165, 1.54) is 4.68 Å². The van der Waals surface area contributed by atoms with Gasteiger partial charge in [0.05, 0.1) is 5.69 Å². The molecule has 0 radical (unpaired) electrons. The number of aromatic nitrogens is 3. The van der Waals surface area contributed by atoms with Crippen LogP contribution in [0.15, 0.2) is 29.1 Å². The highest BCUT2D eigenvalue weighted by molar-refractivity contribution is 5.85. The summed E-state index contributed by atoms with van der Waals surface area (Å²) in [6, 6.07) is 7.11. The molecule has 0 saturated carbocycles. The number of benzene rings is 1. The third-order valence-electron chi connectivity index (χ3n) is 2.24. The van der Waals surface area contributed by atoms with Crippen LogP contribution in [-0.2, 0) is 7.05 Å². The van der Waals surface area contributed by atoms with Gasteiger partial charge in [0.15, 0.2) is 0 Å². The summed E-state index contributed by atoms with van der Waals surface area (Å²) in [5.74, 6) is 0.660. The lowest BCUT2D eigenvalue weighted by molar-refractivity contribution is 0.723. The molecule has 0 bridgehead atoms. The fourth-order valence-corrected chi connectivity index (χ4v) is 1.51. The first-order valence-corrected chi connectivity index (χ1v) is 4.58. The minimum atomic E-state index is -0.155. The maximum absolute atomic E-state index is 11.7. The lowest BCUT2D eigenvalue weighted by Gasteiger charge is -2.02. The van der Waals surface area contributed by atoms with Crippen molar-refractivity contribution in [3.05, 3.63) is 40.6 Å². The van der Waals surface area contributed by atoms with Crippen LogP contribution in [0.3, 0.4) is 0 Å². The Morgan fingerprint density at radius 1 is 1.25 bits per heavy atom. The van der Waals surface area contributed by atoms with Crippen LogP contribution in [-0.4, -0.2) is 14.3 Å². The van der Waals surface area contributed by atoms with Crippen molar-refractivity contribution in [3.8, 4) is 5.69 Å². The molecule has 0 aliphatic carbocycles. The van der Waals surface area contributed by atoms with Crippen molar-refractivity contribution >= 4 is 18.1 Å². The molecule has 1 heterocycles. The summed E-state index contributed by atoms with van der Waals surface area (Å²) >= 11 is 0. The quantitative estimate of drug-likeness (QED) is 0.753. The van der Waals surface area contributed by atoms with Crippen molar-refractivity contribution < 1.29 is 0 Å². The highest BCUT2D eigenvalue weighted by Gasteiger charge is 2.08. The van der Waals surface area contributed by atoms with E-state index >= 15 is 0 Å². The Balaban J connectivity index is 0.00000128. The Morgan fingerprint density at radius 2 is 1.81 bits per heavy atom. The minimum absolute atomic E-state index is 0. The van der Waals surface area contributed by atoms with Crippen LogP contribution in [0.25, 0.3) is 5.69 Å². The SMILES string of the molecule is Cc1nn(C)c(=O)n1-c1ccc(N)cc1.Cl. The van der Waals surface area contributed by atoms with Crippen molar-refractivity contribution in [2.45, 2.75) is 6.92 Å². The van der Waals surface area contributed by atoms with E-state index in [2.05, 4.69) is 5.10 Å². The van der Waals surface area contributed by atoms with Gasteiger partial charge in [-0.05, 0) is 31.2 Å². The fraction of sp³-hybridized carbons (Fsp3) is 0.200. The maximum atomic E-state index is 11.7. The standard InChI is InChI=1S/C10H12N4O.ClH/c1-7-12-13(2)10(15)14(7)9-5-3-8(11)4-6-9;/h3-6H,11H2,1-2H3;1H. The van der Waals surface area contributed by atoms with Gasteiger partial charge in [0, 0.05) is 12.7 Å². The molecular formula is C10H13ClN4O. The lowest BCUT2D eigenvalue weighted by atomic mass is 10.3. The molecule has 1 aromatic heterocycles. The smallest absolute Gasteiger partial charge is 0.350 e. The molecule has 86 valence electrons. The van der Waals surface area contributed by atoms with Crippen LogP contribution in [0.1, 0.15) is 5.82 Å². The second-order valence-corrected chi connectivity index (χ2v) is 3.38. The van der Waals surface area contributed by atoms with Gasteiger partial charge < -0.3 is 5.73 Å². The summed E-state index contributed by atoms with van der Waals surface area (Å²) < 4.78 is 2.85. The molecule has 2 N–H and O–H groups in total. The van der Waals surface area contributed by atoms with E-state index in [0.717, 1.165) is 5.69 Å². The van der Waals surface area contributed by atoms with E-state index < -0.39 is 0 Å². The van der Waals surface area contributed by atoms with Crippen LogP contribution in [0.5, 0.6) is 0 Å². The van der Waals surface area contributed by atoms with E-state index in [0.29, 0.717) is 11.5 Å². The van der Waals surface area contributed by atoms with Crippen LogP contribution < -0.4 is 11.4 Å². The third-order valence-corrected chi connectivity index (χ3v) is 2.24. The van der Waals surface area contributed by atoms with E-state index in [9.17, 15) is 4.79 Å². The largest absolute Gasteiger partial charge is 0.399 e.